The maximum atomic E-state index is 13.3. The van der Waals surface area contributed by atoms with Crippen molar-refractivity contribution in [1.29, 1.82) is 0 Å². The van der Waals surface area contributed by atoms with E-state index in [2.05, 4.69) is 20.3 Å². The summed E-state index contributed by atoms with van der Waals surface area (Å²) in [5.41, 5.74) is 4.03. The number of rotatable bonds is 7. The molecule has 7 heteroatoms. The fourth-order valence-electron chi connectivity index (χ4n) is 3.52. The Labute approximate surface area is 176 Å². The first-order valence-electron chi connectivity index (χ1n) is 9.86. The average Bonchev–Trinajstić information content (AvgIpc) is 3.00. The molecular weight excluding hydrogens is 386 g/mol. The Morgan fingerprint density at radius 2 is 1.93 bits per heavy atom. The van der Waals surface area contributed by atoms with Crippen LogP contribution in [0.1, 0.15) is 46.7 Å². The van der Waals surface area contributed by atoms with Crippen LogP contribution >= 0.6 is 11.6 Å². The van der Waals surface area contributed by atoms with Crippen molar-refractivity contribution in [3.05, 3.63) is 57.9 Å². The van der Waals surface area contributed by atoms with Crippen LogP contribution in [0.15, 0.2) is 30.3 Å². The highest BCUT2D eigenvalue weighted by Gasteiger charge is 2.21. The number of nitrogens with zero attached hydrogens (tertiary/aromatic N) is 4. The van der Waals surface area contributed by atoms with Crippen molar-refractivity contribution in [3.8, 4) is 0 Å². The minimum absolute atomic E-state index is 0.113. The number of amides is 1. The summed E-state index contributed by atoms with van der Waals surface area (Å²) in [6.07, 6.45) is 0.792. The molecule has 0 aliphatic rings. The Balaban J connectivity index is 1.97. The van der Waals surface area contributed by atoms with E-state index >= 15 is 0 Å². The SMILES string of the molecule is CCn1nc(C)c2c(C(=O)NC(CCN(C)C)c3ccc(Cl)cc3)cc(C)nc21. The molecule has 1 unspecified atom stereocenters. The van der Waals surface area contributed by atoms with Gasteiger partial charge >= 0.3 is 0 Å². The highest BCUT2D eigenvalue weighted by Crippen LogP contribution is 2.25. The van der Waals surface area contributed by atoms with Crippen molar-refractivity contribution in [2.75, 3.05) is 20.6 Å². The topological polar surface area (TPSA) is 63.1 Å². The van der Waals surface area contributed by atoms with Crippen LogP contribution in [0.5, 0.6) is 0 Å². The summed E-state index contributed by atoms with van der Waals surface area (Å²) < 4.78 is 1.84. The molecule has 1 N–H and O–H groups in total. The summed E-state index contributed by atoms with van der Waals surface area (Å²) in [5.74, 6) is -0.113. The van der Waals surface area contributed by atoms with Crippen LogP contribution in [-0.2, 0) is 6.54 Å². The lowest BCUT2D eigenvalue weighted by Crippen LogP contribution is -2.31. The number of carbonyl (C=O) groups excluding carboxylic acids is 1. The molecule has 1 amide bonds. The van der Waals surface area contributed by atoms with Gasteiger partial charge in [-0.2, -0.15) is 5.10 Å². The molecule has 29 heavy (non-hydrogen) atoms. The van der Waals surface area contributed by atoms with Crippen LogP contribution in [0.4, 0.5) is 0 Å². The molecule has 2 heterocycles. The Hall–Kier alpha value is -2.44. The van der Waals surface area contributed by atoms with Crippen LogP contribution < -0.4 is 5.32 Å². The maximum absolute atomic E-state index is 13.3. The monoisotopic (exact) mass is 413 g/mol. The second-order valence-corrected chi connectivity index (χ2v) is 8.02. The number of hydrogen-bond donors (Lipinski definition) is 1. The van der Waals surface area contributed by atoms with E-state index in [1.165, 1.54) is 0 Å². The van der Waals surface area contributed by atoms with Gasteiger partial charge in [-0.05, 0) is 71.6 Å². The Morgan fingerprint density at radius 1 is 1.24 bits per heavy atom. The fourth-order valence-corrected chi connectivity index (χ4v) is 3.64. The van der Waals surface area contributed by atoms with Crippen LogP contribution in [0.25, 0.3) is 11.0 Å². The Bertz CT molecular complexity index is 1010. The highest BCUT2D eigenvalue weighted by molar-refractivity contribution is 6.30. The molecule has 2 aromatic heterocycles. The van der Waals surface area contributed by atoms with Crippen molar-refractivity contribution < 1.29 is 4.79 Å². The zero-order valence-electron chi connectivity index (χ0n) is 17.7. The zero-order valence-corrected chi connectivity index (χ0v) is 18.4. The highest BCUT2D eigenvalue weighted by atomic mass is 35.5. The predicted octanol–water partition coefficient (Wildman–Crippen LogP) is 4.14. The number of hydrogen-bond acceptors (Lipinski definition) is 4. The van der Waals surface area contributed by atoms with Crippen LogP contribution in [-0.4, -0.2) is 46.2 Å². The predicted molar refractivity (Wildman–Crippen MR) is 118 cm³/mol. The van der Waals surface area contributed by atoms with E-state index < -0.39 is 0 Å². The summed E-state index contributed by atoms with van der Waals surface area (Å²) in [6, 6.07) is 9.38. The second-order valence-electron chi connectivity index (χ2n) is 7.58. The van der Waals surface area contributed by atoms with Crippen molar-refractivity contribution >= 4 is 28.5 Å². The summed E-state index contributed by atoms with van der Waals surface area (Å²) in [6.45, 7) is 7.41. The summed E-state index contributed by atoms with van der Waals surface area (Å²) in [7, 11) is 4.05. The third kappa shape index (κ3) is 4.77. The Kier molecular flexibility index (Phi) is 6.55. The van der Waals surface area contributed by atoms with E-state index in [0.717, 1.165) is 41.0 Å². The van der Waals surface area contributed by atoms with Crippen molar-refractivity contribution in [2.24, 2.45) is 0 Å². The van der Waals surface area contributed by atoms with Gasteiger partial charge in [0.05, 0.1) is 22.7 Å². The first-order chi connectivity index (χ1) is 13.8. The normalized spacial score (nSPS) is 12.5. The lowest BCUT2D eigenvalue weighted by Gasteiger charge is -2.22. The van der Waals surface area contributed by atoms with Gasteiger partial charge in [0, 0.05) is 17.3 Å². The van der Waals surface area contributed by atoms with Gasteiger partial charge in [0.25, 0.3) is 5.91 Å². The molecule has 3 aromatic rings. The fraction of sp³-hybridized carbons (Fsp3) is 0.409. The van der Waals surface area contributed by atoms with Crippen LogP contribution in [0.3, 0.4) is 0 Å². The van der Waals surface area contributed by atoms with Crippen molar-refractivity contribution in [3.63, 3.8) is 0 Å². The molecule has 0 fully saturated rings. The molecule has 0 spiro atoms. The molecule has 1 atom stereocenters. The quantitative estimate of drug-likeness (QED) is 0.632. The molecule has 3 rings (SSSR count). The molecule has 0 aliphatic heterocycles. The van der Waals surface area contributed by atoms with Crippen LogP contribution in [0.2, 0.25) is 5.02 Å². The van der Waals surface area contributed by atoms with Gasteiger partial charge in [0.15, 0.2) is 5.65 Å². The summed E-state index contributed by atoms with van der Waals surface area (Å²) in [4.78, 5) is 20.1. The number of pyridine rings is 1. The molecule has 1 aromatic carbocycles. The van der Waals surface area contributed by atoms with Gasteiger partial charge in [-0.15, -0.1) is 0 Å². The third-order valence-corrected chi connectivity index (χ3v) is 5.24. The van der Waals surface area contributed by atoms with Gasteiger partial charge in [-0.25, -0.2) is 9.67 Å². The van der Waals surface area contributed by atoms with Crippen molar-refractivity contribution in [1.82, 2.24) is 25.0 Å². The molecule has 0 saturated heterocycles. The number of halogens is 1. The number of nitrogens with one attached hydrogen (secondary N) is 1. The lowest BCUT2D eigenvalue weighted by atomic mass is 10.0. The van der Waals surface area contributed by atoms with E-state index in [9.17, 15) is 4.79 Å². The van der Waals surface area contributed by atoms with Gasteiger partial charge < -0.3 is 10.2 Å². The van der Waals surface area contributed by atoms with Gasteiger partial charge in [0.2, 0.25) is 0 Å². The molecule has 0 aliphatic carbocycles. The molecular formula is C22H28ClN5O. The van der Waals surface area contributed by atoms with E-state index in [1.54, 1.807) is 0 Å². The minimum Gasteiger partial charge on any atom is -0.345 e. The minimum atomic E-state index is -0.118. The zero-order chi connectivity index (χ0) is 21.1. The maximum Gasteiger partial charge on any atom is 0.252 e. The molecule has 154 valence electrons. The smallest absolute Gasteiger partial charge is 0.252 e. The Morgan fingerprint density at radius 3 is 2.55 bits per heavy atom. The third-order valence-electron chi connectivity index (χ3n) is 4.99. The lowest BCUT2D eigenvalue weighted by molar-refractivity contribution is 0.0934. The van der Waals surface area contributed by atoms with E-state index in [4.69, 9.17) is 11.6 Å². The van der Waals surface area contributed by atoms with Gasteiger partial charge in [0.1, 0.15) is 0 Å². The first kappa shape index (κ1) is 21.3. The van der Waals surface area contributed by atoms with E-state index in [1.807, 2.05) is 69.9 Å². The molecule has 6 nitrogen and oxygen atoms in total. The number of benzene rings is 1. The van der Waals surface area contributed by atoms with Gasteiger partial charge in [-0.1, -0.05) is 23.7 Å². The number of fused-ring (bicyclic) bond motifs is 1. The van der Waals surface area contributed by atoms with E-state index in [0.29, 0.717) is 17.1 Å². The summed E-state index contributed by atoms with van der Waals surface area (Å²) in [5, 5.41) is 9.27. The molecule has 0 radical (unpaired) electrons. The van der Waals surface area contributed by atoms with Gasteiger partial charge in [-0.3, -0.25) is 4.79 Å². The summed E-state index contributed by atoms with van der Waals surface area (Å²) >= 11 is 6.05. The molecule has 0 saturated carbocycles. The molecule has 0 bridgehead atoms. The van der Waals surface area contributed by atoms with E-state index in [-0.39, 0.29) is 11.9 Å². The average molecular weight is 414 g/mol. The largest absolute Gasteiger partial charge is 0.345 e. The first-order valence-corrected chi connectivity index (χ1v) is 10.2. The van der Waals surface area contributed by atoms with Crippen molar-refractivity contribution in [2.45, 2.75) is 39.8 Å². The second kappa shape index (κ2) is 8.93. The standard InChI is InChI=1S/C22H28ClN5O/c1-6-28-21-20(15(3)26-28)18(13-14(2)24-21)22(29)25-19(11-12-27(4)5)16-7-9-17(23)10-8-16/h7-10,13,19H,6,11-12H2,1-5H3,(H,25,29). The number of carbonyl (C=O) groups is 1. The number of aryl methyl sites for hydroxylation is 3. The number of aromatic nitrogens is 3. The van der Waals surface area contributed by atoms with Crippen LogP contribution in [0, 0.1) is 13.8 Å².